The number of nitrogens with zero attached hydrogens (tertiary/aromatic N) is 3. The second-order valence-electron chi connectivity index (χ2n) is 7.20. The molecule has 0 saturated heterocycles. The summed E-state index contributed by atoms with van der Waals surface area (Å²) in [6.45, 7) is 4.16. The maximum atomic E-state index is 12.8. The second-order valence-corrected chi connectivity index (χ2v) is 8.50. The first-order chi connectivity index (χ1) is 14.4. The molecule has 152 valence electrons. The summed E-state index contributed by atoms with van der Waals surface area (Å²) in [6.07, 6.45) is 1.54. The Morgan fingerprint density at radius 1 is 1.10 bits per heavy atom. The fourth-order valence-electron chi connectivity index (χ4n) is 3.47. The number of fused-ring (bicyclic) bond motifs is 1. The standard InChI is InChI=1S/C23H21ClN4OS/c1-14-5-4-6-15(2)21(14)27-19(29)11-28(3)22-20-18(12-30-23(20)26-13-25-22)16-7-9-17(24)10-8-16/h4-10,12-13H,11H2,1-3H3,(H,27,29). The molecule has 1 amide bonds. The molecule has 30 heavy (non-hydrogen) atoms. The number of rotatable bonds is 5. The van der Waals surface area contributed by atoms with Crippen LogP contribution >= 0.6 is 22.9 Å². The van der Waals surface area contributed by atoms with Gasteiger partial charge in [-0.3, -0.25) is 4.79 Å². The van der Waals surface area contributed by atoms with Gasteiger partial charge in [0.05, 0.1) is 11.9 Å². The fourth-order valence-corrected chi connectivity index (χ4v) is 4.51. The molecule has 4 aromatic rings. The molecule has 2 aromatic carbocycles. The van der Waals surface area contributed by atoms with E-state index in [1.807, 2.05) is 68.3 Å². The number of amides is 1. The van der Waals surface area contributed by atoms with E-state index in [9.17, 15) is 4.79 Å². The lowest BCUT2D eigenvalue weighted by Crippen LogP contribution is -2.31. The highest BCUT2D eigenvalue weighted by molar-refractivity contribution is 7.17. The number of aromatic nitrogens is 2. The monoisotopic (exact) mass is 436 g/mol. The van der Waals surface area contributed by atoms with Crippen molar-refractivity contribution in [2.45, 2.75) is 13.8 Å². The van der Waals surface area contributed by atoms with Gasteiger partial charge in [0.1, 0.15) is 17.0 Å². The topological polar surface area (TPSA) is 58.1 Å². The lowest BCUT2D eigenvalue weighted by atomic mass is 10.1. The molecular weight excluding hydrogens is 416 g/mol. The van der Waals surface area contributed by atoms with Gasteiger partial charge in [-0.05, 0) is 42.7 Å². The average molecular weight is 437 g/mol. The molecule has 1 N–H and O–H groups in total. The van der Waals surface area contributed by atoms with Crippen LogP contribution in [0.3, 0.4) is 0 Å². The summed E-state index contributed by atoms with van der Waals surface area (Å²) in [5.74, 6) is 0.632. The van der Waals surface area contributed by atoms with Crippen LogP contribution in [-0.2, 0) is 4.79 Å². The molecule has 0 bridgehead atoms. The van der Waals surface area contributed by atoms with Crippen molar-refractivity contribution in [2.24, 2.45) is 0 Å². The summed E-state index contributed by atoms with van der Waals surface area (Å²) in [5.41, 5.74) is 5.01. The first-order valence-electron chi connectivity index (χ1n) is 9.49. The lowest BCUT2D eigenvalue weighted by Gasteiger charge is -2.20. The lowest BCUT2D eigenvalue weighted by molar-refractivity contribution is -0.114. The number of nitrogens with one attached hydrogen (secondary N) is 1. The Bertz CT molecular complexity index is 1200. The van der Waals surface area contributed by atoms with Crippen molar-refractivity contribution in [1.82, 2.24) is 9.97 Å². The van der Waals surface area contributed by atoms with Gasteiger partial charge in [0.25, 0.3) is 0 Å². The predicted molar refractivity (Wildman–Crippen MR) is 126 cm³/mol. The highest BCUT2D eigenvalue weighted by Crippen LogP contribution is 2.37. The number of carbonyl (C=O) groups is 1. The van der Waals surface area contributed by atoms with Gasteiger partial charge in [-0.1, -0.05) is 41.9 Å². The molecule has 0 unspecified atom stereocenters. The van der Waals surface area contributed by atoms with Crippen LogP contribution in [0.4, 0.5) is 11.5 Å². The quantitative estimate of drug-likeness (QED) is 0.435. The smallest absolute Gasteiger partial charge is 0.243 e. The predicted octanol–water partition coefficient (Wildman–Crippen LogP) is 5.70. The van der Waals surface area contributed by atoms with Crippen molar-refractivity contribution < 1.29 is 4.79 Å². The summed E-state index contributed by atoms with van der Waals surface area (Å²) in [6, 6.07) is 13.7. The van der Waals surface area contributed by atoms with Crippen molar-refractivity contribution in [1.29, 1.82) is 0 Å². The van der Waals surface area contributed by atoms with Gasteiger partial charge in [0.15, 0.2) is 0 Å². The molecule has 0 spiro atoms. The van der Waals surface area contributed by atoms with Crippen LogP contribution in [-0.4, -0.2) is 29.5 Å². The molecule has 0 fully saturated rings. The van der Waals surface area contributed by atoms with Crippen molar-refractivity contribution in [3.05, 3.63) is 70.3 Å². The number of thiophene rings is 1. The maximum absolute atomic E-state index is 12.8. The number of halogens is 1. The van der Waals surface area contributed by atoms with E-state index in [0.29, 0.717) is 5.02 Å². The number of anilines is 2. The highest BCUT2D eigenvalue weighted by Gasteiger charge is 2.18. The minimum absolute atomic E-state index is 0.0927. The van der Waals surface area contributed by atoms with E-state index in [2.05, 4.69) is 20.7 Å². The SMILES string of the molecule is Cc1cccc(C)c1NC(=O)CN(C)c1ncnc2scc(-c3ccc(Cl)cc3)c12. The fraction of sp³-hybridized carbons (Fsp3) is 0.174. The van der Waals surface area contributed by atoms with Crippen molar-refractivity contribution in [3.8, 4) is 11.1 Å². The van der Waals surface area contributed by atoms with Gasteiger partial charge >= 0.3 is 0 Å². The van der Waals surface area contributed by atoms with E-state index in [1.165, 1.54) is 0 Å². The highest BCUT2D eigenvalue weighted by atomic mass is 35.5. The zero-order valence-electron chi connectivity index (χ0n) is 16.9. The van der Waals surface area contributed by atoms with E-state index >= 15 is 0 Å². The van der Waals surface area contributed by atoms with Crippen molar-refractivity contribution in [3.63, 3.8) is 0 Å². The second kappa shape index (κ2) is 8.42. The summed E-state index contributed by atoms with van der Waals surface area (Å²) >= 11 is 7.60. The van der Waals surface area contributed by atoms with Crippen molar-refractivity contribution >= 4 is 50.6 Å². The number of carbonyl (C=O) groups excluding carboxylic acids is 1. The molecule has 0 saturated carbocycles. The molecular formula is C23H21ClN4OS. The van der Waals surface area contributed by atoms with Gasteiger partial charge in [0, 0.05) is 28.7 Å². The maximum Gasteiger partial charge on any atom is 0.243 e. The third-order valence-corrected chi connectivity index (χ3v) is 6.13. The average Bonchev–Trinajstić information content (AvgIpc) is 3.15. The molecule has 2 aromatic heterocycles. The molecule has 0 radical (unpaired) electrons. The zero-order valence-corrected chi connectivity index (χ0v) is 18.5. The zero-order chi connectivity index (χ0) is 21.3. The summed E-state index contributed by atoms with van der Waals surface area (Å²) in [4.78, 5) is 24.4. The largest absolute Gasteiger partial charge is 0.350 e. The Hall–Kier alpha value is -2.96. The molecule has 0 atom stereocenters. The Balaban J connectivity index is 1.63. The third kappa shape index (κ3) is 4.01. The Morgan fingerprint density at radius 3 is 2.50 bits per heavy atom. The van der Waals surface area contributed by atoms with Gasteiger partial charge in [-0.25, -0.2) is 9.97 Å². The van der Waals surface area contributed by atoms with Gasteiger partial charge in [-0.2, -0.15) is 0 Å². The first kappa shape index (κ1) is 20.3. The van der Waals surface area contributed by atoms with Gasteiger partial charge in [-0.15, -0.1) is 11.3 Å². The van der Waals surface area contributed by atoms with Crippen LogP contribution in [0.15, 0.2) is 54.2 Å². The molecule has 7 heteroatoms. The molecule has 0 aliphatic heterocycles. The normalized spacial score (nSPS) is 10.9. The minimum Gasteiger partial charge on any atom is -0.350 e. The van der Waals surface area contributed by atoms with Gasteiger partial charge in [0.2, 0.25) is 5.91 Å². The molecule has 4 rings (SSSR count). The van der Waals surface area contributed by atoms with E-state index in [4.69, 9.17) is 11.6 Å². The molecule has 0 aliphatic rings. The number of aryl methyl sites for hydroxylation is 2. The number of likely N-dealkylation sites (N-methyl/N-ethyl adjacent to an activating group) is 1. The van der Waals surface area contributed by atoms with E-state index in [0.717, 1.165) is 44.0 Å². The van der Waals surface area contributed by atoms with Crippen LogP contribution in [0.2, 0.25) is 5.02 Å². The van der Waals surface area contributed by atoms with E-state index in [1.54, 1.807) is 17.7 Å². The number of benzene rings is 2. The molecule has 2 heterocycles. The van der Waals surface area contributed by atoms with E-state index in [-0.39, 0.29) is 12.5 Å². The Morgan fingerprint density at radius 2 is 1.80 bits per heavy atom. The van der Waals surface area contributed by atoms with Crippen LogP contribution in [0, 0.1) is 13.8 Å². The summed E-state index contributed by atoms with van der Waals surface area (Å²) < 4.78 is 0. The van der Waals surface area contributed by atoms with Gasteiger partial charge < -0.3 is 10.2 Å². The third-order valence-electron chi connectivity index (χ3n) is 4.99. The number of hydrogen-bond acceptors (Lipinski definition) is 5. The van der Waals surface area contributed by atoms with Crippen molar-refractivity contribution in [2.75, 3.05) is 23.8 Å². The number of hydrogen-bond donors (Lipinski definition) is 1. The Kier molecular flexibility index (Phi) is 5.70. The van der Waals surface area contributed by atoms with Crippen LogP contribution < -0.4 is 10.2 Å². The Labute approximate surface area is 184 Å². The summed E-state index contributed by atoms with van der Waals surface area (Å²) in [5, 5.41) is 6.73. The molecule has 5 nitrogen and oxygen atoms in total. The van der Waals surface area contributed by atoms with Crippen LogP contribution in [0.1, 0.15) is 11.1 Å². The summed E-state index contributed by atoms with van der Waals surface area (Å²) in [7, 11) is 1.87. The van der Waals surface area contributed by atoms with Crippen LogP contribution in [0.5, 0.6) is 0 Å². The van der Waals surface area contributed by atoms with E-state index < -0.39 is 0 Å². The van der Waals surface area contributed by atoms with Crippen LogP contribution in [0.25, 0.3) is 21.3 Å². The number of para-hydroxylation sites is 1. The minimum atomic E-state index is -0.0927. The first-order valence-corrected chi connectivity index (χ1v) is 10.7. The molecule has 0 aliphatic carbocycles.